The summed E-state index contributed by atoms with van der Waals surface area (Å²) in [6.45, 7) is 2.52. The molecule has 1 aliphatic heterocycles. The van der Waals surface area contributed by atoms with Gasteiger partial charge in [0.15, 0.2) is 5.69 Å². The van der Waals surface area contributed by atoms with Crippen molar-refractivity contribution in [3.05, 3.63) is 29.2 Å². The molecule has 2 aromatic heterocycles. The van der Waals surface area contributed by atoms with E-state index in [4.69, 9.17) is 0 Å². The second kappa shape index (κ2) is 7.18. The summed E-state index contributed by atoms with van der Waals surface area (Å²) in [6, 6.07) is 1.39. The number of carboxylic acids is 1. The number of hydrogen-bond acceptors (Lipinski definition) is 6. The van der Waals surface area contributed by atoms with Gasteiger partial charge in [0.2, 0.25) is 10.9 Å². The van der Waals surface area contributed by atoms with E-state index in [-0.39, 0.29) is 43.1 Å². The van der Waals surface area contributed by atoms with Crippen molar-refractivity contribution >= 4 is 28.2 Å². The van der Waals surface area contributed by atoms with Crippen LogP contribution < -0.4 is 4.90 Å². The van der Waals surface area contributed by atoms with E-state index in [2.05, 4.69) is 10.1 Å². The van der Waals surface area contributed by atoms with Gasteiger partial charge in [-0.2, -0.15) is 18.3 Å². The van der Waals surface area contributed by atoms with E-state index < -0.39 is 22.8 Å². The van der Waals surface area contributed by atoms with Crippen LogP contribution in [0.1, 0.15) is 22.4 Å². The first-order valence-corrected chi connectivity index (χ1v) is 8.81. The molecule has 0 radical (unpaired) electrons. The average Bonchev–Trinajstić information content (AvgIpc) is 3.23. The molecule has 3 rings (SSSR count). The maximum atomic E-state index is 12.9. The summed E-state index contributed by atoms with van der Waals surface area (Å²) in [6.07, 6.45) is -1.49. The molecule has 0 aromatic carbocycles. The molecule has 1 aliphatic rings. The number of hydrogen-bond donors (Lipinski definition) is 1. The van der Waals surface area contributed by atoms with Gasteiger partial charge in [0.1, 0.15) is 11.5 Å². The molecule has 0 saturated carbocycles. The number of alkyl halides is 3. The average molecular weight is 403 g/mol. The Kier molecular flexibility index (Phi) is 5.09. The van der Waals surface area contributed by atoms with Gasteiger partial charge in [-0.25, -0.2) is 9.78 Å². The molecular weight excluding hydrogens is 387 g/mol. The smallest absolute Gasteiger partial charge is 0.443 e. The summed E-state index contributed by atoms with van der Waals surface area (Å²) in [7, 11) is 0. The summed E-state index contributed by atoms with van der Waals surface area (Å²) in [5, 5.41) is 11.9. The highest BCUT2D eigenvalue weighted by Crippen LogP contribution is 2.39. The molecule has 146 valence electrons. The van der Waals surface area contributed by atoms with Gasteiger partial charge in [-0.05, 0) is 13.0 Å². The van der Waals surface area contributed by atoms with Crippen LogP contribution in [-0.4, -0.2) is 62.3 Å². The molecule has 1 amide bonds. The number of carbonyl (C=O) groups excluding carboxylic acids is 1. The summed E-state index contributed by atoms with van der Waals surface area (Å²) < 4.78 is 40.2. The number of thiazole rings is 1. The van der Waals surface area contributed by atoms with E-state index in [1.807, 2.05) is 0 Å². The molecule has 1 N–H and O–H groups in total. The molecule has 1 fully saturated rings. The first kappa shape index (κ1) is 19.1. The van der Waals surface area contributed by atoms with E-state index in [9.17, 15) is 27.9 Å². The van der Waals surface area contributed by atoms with Crippen LogP contribution in [0.25, 0.3) is 0 Å². The third-order valence-electron chi connectivity index (χ3n) is 4.15. The number of carboxylic acid groups (broad SMARTS) is 1. The summed E-state index contributed by atoms with van der Waals surface area (Å²) >= 11 is 0.308. The maximum absolute atomic E-state index is 12.9. The van der Waals surface area contributed by atoms with Gasteiger partial charge in [-0.1, -0.05) is 11.3 Å². The summed E-state index contributed by atoms with van der Waals surface area (Å²) in [4.78, 5) is 30.1. The van der Waals surface area contributed by atoms with Gasteiger partial charge in [0.05, 0.1) is 0 Å². The van der Waals surface area contributed by atoms with Crippen molar-refractivity contribution in [2.75, 3.05) is 24.5 Å². The van der Waals surface area contributed by atoms with Crippen molar-refractivity contribution in [2.24, 2.45) is 0 Å². The Morgan fingerprint density at radius 1 is 1.37 bits per heavy atom. The Morgan fingerprint density at radius 3 is 2.67 bits per heavy atom. The highest BCUT2D eigenvalue weighted by atomic mass is 32.1. The van der Waals surface area contributed by atoms with E-state index in [0.717, 1.165) is 0 Å². The topological polar surface area (TPSA) is 91.6 Å². The molecule has 3 heterocycles. The predicted octanol–water partition coefficient (Wildman–Crippen LogP) is 1.79. The zero-order valence-corrected chi connectivity index (χ0v) is 15.0. The van der Waals surface area contributed by atoms with Crippen LogP contribution >= 0.6 is 11.3 Å². The molecule has 0 unspecified atom stereocenters. The van der Waals surface area contributed by atoms with Crippen LogP contribution in [0.3, 0.4) is 0 Å². The summed E-state index contributed by atoms with van der Waals surface area (Å²) in [5.41, 5.74) is -0.615. The second-order valence-electron chi connectivity index (χ2n) is 6.06. The van der Waals surface area contributed by atoms with Crippen molar-refractivity contribution in [1.29, 1.82) is 0 Å². The minimum absolute atomic E-state index is 0.0409. The molecule has 0 aliphatic carbocycles. The lowest BCUT2D eigenvalue weighted by Gasteiger charge is -2.40. The normalized spacial score (nSPS) is 18.0. The Balaban J connectivity index is 1.75. The number of aromatic carboxylic acids is 1. The monoisotopic (exact) mass is 403 g/mol. The van der Waals surface area contributed by atoms with E-state index >= 15 is 0 Å². The molecule has 0 bridgehead atoms. The number of amides is 1. The number of nitrogens with zero attached hydrogens (tertiary/aromatic N) is 5. The Morgan fingerprint density at radius 2 is 2.11 bits per heavy atom. The quantitative estimate of drug-likeness (QED) is 0.837. The lowest BCUT2D eigenvalue weighted by Crippen LogP contribution is -2.54. The third kappa shape index (κ3) is 4.04. The van der Waals surface area contributed by atoms with Gasteiger partial charge in [0.25, 0.3) is 0 Å². The van der Waals surface area contributed by atoms with Gasteiger partial charge in [0, 0.05) is 38.1 Å². The molecule has 12 heteroatoms. The van der Waals surface area contributed by atoms with Crippen LogP contribution in [0, 0.1) is 0 Å². The Bertz CT molecular complexity index is 836. The van der Waals surface area contributed by atoms with Crippen molar-refractivity contribution in [3.63, 3.8) is 0 Å². The third-order valence-corrected chi connectivity index (χ3v) is 5.31. The number of anilines is 1. The van der Waals surface area contributed by atoms with Crippen LogP contribution in [0.15, 0.2) is 18.5 Å². The lowest BCUT2D eigenvalue weighted by molar-refractivity contribution is -0.137. The minimum atomic E-state index is -4.71. The van der Waals surface area contributed by atoms with Gasteiger partial charge in [-0.3, -0.25) is 9.48 Å². The highest BCUT2D eigenvalue weighted by molar-refractivity contribution is 7.16. The van der Waals surface area contributed by atoms with Crippen LogP contribution in [0.4, 0.5) is 18.2 Å². The number of piperazine rings is 1. The first-order chi connectivity index (χ1) is 12.7. The van der Waals surface area contributed by atoms with Crippen LogP contribution in [0.5, 0.6) is 0 Å². The van der Waals surface area contributed by atoms with Crippen molar-refractivity contribution in [3.8, 4) is 0 Å². The van der Waals surface area contributed by atoms with Gasteiger partial charge >= 0.3 is 12.1 Å². The summed E-state index contributed by atoms with van der Waals surface area (Å²) in [5.74, 6) is -1.67. The second-order valence-corrected chi connectivity index (χ2v) is 7.04. The number of rotatable bonds is 4. The molecule has 27 heavy (non-hydrogen) atoms. The largest absolute Gasteiger partial charge is 0.476 e. The van der Waals surface area contributed by atoms with E-state index in [1.165, 1.54) is 4.68 Å². The van der Waals surface area contributed by atoms with E-state index in [1.54, 1.807) is 35.2 Å². The molecule has 2 aromatic rings. The van der Waals surface area contributed by atoms with Crippen LogP contribution in [0.2, 0.25) is 0 Å². The number of carbonyl (C=O) groups is 2. The lowest BCUT2D eigenvalue weighted by atomic mass is 10.2. The standard InChI is InChI=1S/C15H16F3N5O3S/c1-9-7-21(5-6-23(9)10(24)8-22-4-2-3-19-22)12-11(13(25)26)20-14(27-12)15(16,17)18/h2-4,9H,5-8H2,1H3,(H,25,26)/t9-/m1/s1. The number of aromatic nitrogens is 3. The fourth-order valence-corrected chi connectivity index (χ4v) is 3.88. The van der Waals surface area contributed by atoms with E-state index in [0.29, 0.717) is 11.3 Å². The minimum Gasteiger partial charge on any atom is -0.476 e. The Labute approximate surface area is 155 Å². The van der Waals surface area contributed by atoms with Crippen molar-refractivity contribution in [2.45, 2.75) is 25.7 Å². The van der Waals surface area contributed by atoms with Gasteiger partial charge in [-0.15, -0.1) is 0 Å². The Hall–Kier alpha value is -2.63. The fourth-order valence-electron chi connectivity index (χ4n) is 2.92. The molecular formula is C15H16F3N5O3S. The molecule has 8 nitrogen and oxygen atoms in total. The van der Waals surface area contributed by atoms with Crippen LogP contribution in [-0.2, 0) is 17.5 Å². The maximum Gasteiger partial charge on any atom is 0.443 e. The van der Waals surface area contributed by atoms with Gasteiger partial charge < -0.3 is 14.9 Å². The predicted molar refractivity (Wildman–Crippen MR) is 89.7 cm³/mol. The fraction of sp³-hybridized carbons (Fsp3) is 0.467. The zero-order chi connectivity index (χ0) is 19.8. The SMILES string of the molecule is C[C@@H]1CN(c2sc(C(F)(F)F)nc2C(=O)O)CCN1C(=O)Cn1cccn1. The molecule has 1 atom stereocenters. The zero-order valence-electron chi connectivity index (χ0n) is 14.2. The molecule has 1 saturated heterocycles. The van der Waals surface area contributed by atoms with Crippen molar-refractivity contribution in [1.82, 2.24) is 19.7 Å². The highest BCUT2D eigenvalue weighted by Gasteiger charge is 2.39. The first-order valence-electron chi connectivity index (χ1n) is 8.00. The number of halogens is 3. The van der Waals surface area contributed by atoms with Crippen molar-refractivity contribution < 1.29 is 27.9 Å². The molecule has 0 spiro atoms.